The highest BCUT2D eigenvalue weighted by Gasteiger charge is 2.26. The monoisotopic (exact) mass is 648 g/mol. The van der Waals surface area contributed by atoms with Crippen LogP contribution < -0.4 is 15.2 Å². The maximum absolute atomic E-state index is 13.8. The van der Waals surface area contributed by atoms with Crippen LogP contribution in [0.2, 0.25) is 0 Å². The molecule has 2 aliphatic heterocycles. The maximum Gasteiger partial charge on any atom is 0.246 e. The van der Waals surface area contributed by atoms with E-state index in [0.717, 1.165) is 56.2 Å². The average Bonchev–Trinajstić information content (AvgIpc) is 3.63. The molecule has 0 atom stereocenters. The molecule has 2 aromatic carbocycles. The summed E-state index contributed by atoms with van der Waals surface area (Å²) >= 11 is 1.63. The van der Waals surface area contributed by atoms with Crippen LogP contribution in [0.15, 0.2) is 65.9 Å². The van der Waals surface area contributed by atoms with E-state index in [1.54, 1.807) is 29.7 Å². The lowest BCUT2D eigenvalue weighted by atomic mass is 10.2. The molecule has 45 heavy (non-hydrogen) atoms. The van der Waals surface area contributed by atoms with E-state index in [1.807, 2.05) is 36.5 Å². The second kappa shape index (κ2) is 12.4. The minimum atomic E-state index is -3.21. The van der Waals surface area contributed by atoms with Gasteiger partial charge in [-0.1, -0.05) is 30.3 Å². The van der Waals surface area contributed by atoms with Crippen molar-refractivity contribution in [2.45, 2.75) is 6.54 Å². The normalized spacial score (nSPS) is 16.8. The molecular formula is C31H33FN8O3S2. The molecule has 0 amide bonds. The van der Waals surface area contributed by atoms with Gasteiger partial charge in [-0.2, -0.15) is 14.4 Å². The van der Waals surface area contributed by atoms with Crippen LogP contribution in [0.5, 0.6) is 0 Å². The zero-order valence-corrected chi connectivity index (χ0v) is 26.4. The number of benzene rings is 2. The van der Waals surface area contributed by atoms with Crippen molar-refractivity contribution in [3.05, 3.63) is 77.7 Å². The van der Waals surface area contributed by atoms with E-state index in [1.165, 1.54) is 16.6 Å². The highest BCUT2D eigenvalue weighted by molar-refractivity contribution is 7.88. The molecule has 3 aromatic heterocycles. The van der Waals surface area contributed by atoms with E-state index < -0.39 is 10.0 Å². The number of halogens is 1. The van der Waals surface area contributed by atoms with Crippen LogP contribution in [0.25, 0.3) is 21.1 Å². The van der Waals surface area contributed by atoms with Gasteiger partial charge in [0.15, 0.2) is 5.82 Å². The lowest BCUT2D eigenvalue weighted by molar-refractivity contribution is 0.122. The van der Waals surface area contributed by atoms with Crippen molar-refractivity contribution < 1.29 is 17.5 Å². The number of hydrogen-bond donors (Lipinski definition) is 1. The quantitative estimate of drug-likeness (QED) is 0.197. The van der Waals surface area contributed by atoms with E-state index in [2.05, 4.69) is 31.0 Å². The number of fused-ring (bicyclic) bond motifs is 2. The SMILES string of the molecule is CS(=O)(=O)N1CCN(c2cc3nc(N/N=C/c4cn(Cc5cccc(F)c5)c5ccccc45)nc(N4CCOCC4)c3s2)CC1. The van der Waals surface area contributed by atoms with Crippen molar-refractivity contribution in [3.63, 3.8) is 0 Å². The lowest BCUT2D eigenvalue weighted by Gasteiger charge is -2.33. The van der Waals surface area contributed by atoms with Crippen LogP contribution in [0.3, 0.4) is 0 Å². The summed E-state index contributed by atoms with van der Waals surface area (Å²) in [4.78, 5) is 14.1. The van der Waals surface area contributed by atoms with Crippen LogP contribution in [0.1, 0.15) is 11.1 Å². The largest absolute Gasteiger partial charge is 0.378 e. The zero-order chi connectivity index (χ0) is 31.0. The Morgan fingerprint density at radius 2 is 1.80 bits per heavy atom. The Bertz CT molecular complexity index is 1980. The first kappa shape index (κ1) is 29.6. The first-order chi connectivity index (χ1) is 21.8. The van der Waals surface area contributed by atoms with Gasteiger partial charge in [-0.15, -0.1) is 11.3 Å². The molecule has 2 saturated heterocycles. The molecule has 0 saturated carbocycles. The first-order valence-electron chi connectivity index (χ1n) is 14.8. The number of sulfonamides is 1. The third-order valence-electron chi connectivity index (χ3n) is 8.10. The Balaban J connectivity index is 1.16. The Labute approximate surface area is 264 Å². The average molecular weight is 649 g/mol. The number of nitrogens with one attached hydrogen (secondary N) is 1. The Morgan fingerprint density at radius 3 is 2.58 bits per heavy atom. The molecule has 1 N–H and O–H groups in total. The summed E-state index contributed by atoms with van der Waals surface area (Å²) in [5, 5.41) is 6.60. The molecule has 234 valence electrons. The predicted octanol–water partition coefficient (Wildman–Crippen LogP) is 4.20. The summed E-state index contributed by atoms with van der Waals surface area (Å²) < 4.78 is 48.0. The Hall–Kier alpha value is -4.11. The molecule has 7 rings (SSSR count). The number of hydrazone groups is 1. The number of aromatic nitrogens is 3. The summed E-state index contributed by atoms with van der Waals surface area (Å²) in [6, 6.07) is 16.7. The first-order valence-corrected chi connectivity index (χ1v) is 17.4. The van der Waals surface area contributed by atoms with Gasteiger partial charge in [0.05, 0.1) is 40.9 Å². The summed E-state index contributed by atoms with van der Waals surface area (Å²) in [5.41, 5.74) is 6.68. The van der Waals surface area contributed by atoms with E-state index in [4.69, 9.17) is 14.7 Å². The van der Waals surface area contributed by atoms with E-state index >= 15 is 0 Å². The van der Waals surface area contributed by atoms with Crippen LogP contribution in [-0.2, 0) is 21.3 Å². The van der Waals surface area contributed by atoms with Gasteiger partial charge in [0, 0.05) is 68.5 Å². The molecule has 0 radical (unpaired) electrons. The summed E-state index contributed by atoms with van der Waals surface area (Å²) in [6.45, 7) is 5.36. The fourth-order valence-corrected chi connectivity index (χ4v) is 7.83. The van der Waals surface area contributed by atoms with E-state index in [9.17, 15) is 12.8 Å². The number of ether oxygens (including phenoxy) is 1. The van der Waals surface area contributed by atoms with Crippen LogP contribution >= 0.6 is 11.3 Å². The number of thiophene rings is 1. The molecule has 0 bridgehead atoms. The van der Waals surface area contributed by atoms with Gasteiger partial charge < -0.3 is 19.1 Å². The van der Waals surface area contributed by atoms with Gasteiger partial charge in [-0.3, -0.25) is 0 Å². The summed E-state index contributed by atoms with van der Waals surface area (Å²) in [6.07, 6.45) is 5.03. The maximum atomic E-state index is 13.8. The van der Waals surface area contributed by atoms with E-state index in [0.29, 0.717) is 51.9 Å². The molecule has 2 fully saturated rings. The number of rotatable bonds is 8. The van der Waals surface area contributed by atoms with Crippen molar-refractivity contribution in [1.29, 1.82) is 0 Å². The summed E-state index contributed by atoms with van der Waals surface area (Å²) in [7, 11) is -3.21. The zero-order valence-electron chi connectivity index (χ0n) is 24.8. The molecule has 11 nitrogen and oxygen atoms in total. The third-order valence-corrected chi connectivity index (χ3v) is 10.6. The minimum absolute atomic E-state index is 0.254. The minimum Gasteiger partial charge on any atom is -0.378 e. The van der Waals surface area contributed by atoms with Gasteiger partial charge in [-0.25, -0.2) is 23.2 Å². The highest BCUT2D eigenvalue weighted by Crippen LogP contribution is 2.38. The molecule has 14 heteroatoms. The van der Waals surface area contributed by atoms with Gasteiger partial charge in [0.1, 0.15) is 5.82 Å². The lowest BCUT2D eigenvalue weighted by Crippen LogP contribution is -2.48. The predicted molar refractivity (Wildman–Crippen MR) is 178 cm³/mol. The van der Waals surface area contributed by atoms with Crippen molar-refractivity contribution in [2.75, 3.05) is 74.0 Å². The number of morpholine rings is 1. The Kier molecular flexibility index (Phi) is 8.12. The number of nitrogens with zero attached hydrogens (tertiary/aromatic N) is 7. The van der Waals surface area contributed by atoms with Gasteiger partial charge in [-0.05, 0) is 29.8 Å². The Morgan fingerprint density at radius 1 is 1.00 bits per heavy atom. The topological polar surface area (TPSA) is 108 Å². The fraction of sp³-hybridized carbons (Fsp3) is 0.323. The smallest absolute Gasteiger partial charge is 0.246 e. The standard InChI is InChI=1S/C31H33FN8O3S2/c1-45(41,42)40-11-9-37(10-12-40)28-18-26-29(44-28)30(38-13-15-43-16-14-38)35-31(34-26)36-33-19-23-21-39(27-8-3-2-7-25(23)27)20-22-5-4-6-24(32)17-22/h2-8,17-19,21H,9-16,20H2,1H3,(H,34,35,36)/b33-19+. The molecule has 5 aromatic rings. The molecular weight excluding hydrogens is 616 g/mol. The second-order valence-corrected chi connectivity index (χ2v) is 14.2. The van der Waals surface area contributed by atoms with Gasteiger partial charge in [0.25, 0.3) is 0 Å². The number of piperazine rings is 1. The van der Waals surface area contributed by atoms with Crippen molar-refractivity contribution in [2.24, 2.45) is 5.10 Å². The number of hydrogen-bond acceptors (Lipinski definition) is 10. The van der Waals surface area contributed by atoms with Crippen LogP contribution in [0.4, 0.5) is 21.2 Å². The molecule has 2 aliphatic rings. The van der Waals surface area contributed by atoms with Crippen LogP contribution in [0, 0.1) is 5.82 Å². The highest BCUT2D eigenvalue weighted by atomic mass is 32.2. The van der Waals surface area contributed by atoms with Crippen LogP contribution in [-0.4, -0.2) is 92.2 Å². The van der Waals surface area contributed by atoms with Crippen molar-refractivity contribution in [3.8, 4) is 0 Å². The second-order valence-electron chi connectivity index (χ2n) is 11.1. The third kappa shape index (κ3) is 6.36. The fourth-order valence-electron chi connectivity index (χ4n) is 5.84. The van der Waals surface area contributed by atoms with E-state index in [-0.39, 0.29) is 5.82 Å². The van der Waals surface area contributed by atoms with Crippen molar-refractivity contribution >= 4 is 65.5 Å². The molecule has 0 aliphatic carbocycles. The van der Waals surface area contributed by atoms with Gasteiger partial charge >= 0.3 is 0 Å². The molecule has 5 heterocycles. The van der Waals surface area contributed by atoms with Gasteiger partial charge in [0.2, 0.25) is 16.0 Å². The molecule has 0 spiro atoms. The number of anilines is 3. The van der Waals surface area contributed by atoms with Crippen molar-refractivity contribution in [1.82, 2.24) is 18.8 Å². The summed E-state index contributed by atoms with van der Waals surface area (Å²) in [5.74, 6) is 0.962. The number of para-hydroxylation sites is 1. The molecule has 0 unspecified atom stereocenters.